The van der Waals surface area contributed by atoms with Gasteiger partial charge in [-0.3, -0.25) is 19.2 Å². The van der Waals surface area contributed by atoms with Crippen LogP contribution in [0.1, 0.15) is 123 Å². The van der Waals surface area contributed by atoms with Gasteiger partial charge in [-0.25, -0.2) is 0 Å². The Bertz CT molecular complexity index is 1750. The average Bonchev–Trinajstić information content (AvgIpc) is 3.87. The molecule has 6 atom stereocenters. The highest BCUT2D eigenvalue weighted by molar-refractivity contribution is 5.88. The van der Waals surface area contributed by atoms with E-state index >= 15 is 0 Å². The fourth-order valence-corrected chi connectivity index (χ4v) is 8.59. The number of carbonyl (C=O) groups excluding carboxylic acids is 4. The van der Waals surface area contributed by atoms with Crippen molar-refractivity contribution < 1.29 is 28.7 Å². The third kappa shape index (κ3) is 10.3. The van der Waals surface area contributed by atoms with Crippen molar-refractivity contribution in [3.8, 4) is 0 Å². The Labute approximate surface area is 343 Å². The Morgan fingerprint density at radius 3 is 1.76 bits per heavy atom. The molecule has 2 aromatic rings. The molecule has 0 spiro atoms. The molecule has 4 unspecified atom stereocenters. The van der Waals surface area contributed by atoms with Gasteiger partial charge in [0.25, 0.3) is 0 Å². The summed E-state index contributed by atoms with van der Waals surface area (Å²) in [6.45, 7) is 17.0. The van der Waals surface area contributed by atoms with E-state index in [1.165, 1.54) is 27.1 Å². The Kier molecular flexibility index (Phi) is 15.6. The predicted molar refractivity (Wildman–Crippen MR) is 219 cm³/mol. The molecule has 58 heavy (non-hydrogen) atoms. The molecule has 0 aromatic carbocycles. The highest BCUT2D eigenvalue weighted by Gasteiger charge is 2.45. The van der Waals surface area contributed by atoms with Gasteiger partial charge in [0, 0.05) is 31.6 Å². The molecule has 16 nitrogen and oxygen atoms in total. The highest BCUT2D eigenvalue weighted by atomic mass is 16.5. The van der Waals surface area contributed by atoms with Crippen LogP contribution < -0.4 is 21.3 Å². The molecule has 6 rings (SSSR count). The molecule has 0 aliphatic carbocycles. The summed E-state index contributed by atoms with van der Waals surface area (Å²) in [5.74, 6) is 2.85. The van der Waals surface area contributed by atoms with Crippen LogP contribution in [0.25, 0.3) is 6.08 Å². The number of aromatic nitrogens is 6. The first-order valence-electron chi connectivity index (χ1n) is 21.5. The van der Waals surface area contributed by atoms with Gasteiger partial charge < -0.3 is 39.9 Å². The van der Waals surface area contributed by atoms with Crippen LogP contribution in [-0.2, 0) is 59.0 Å². The zero-order valence-electron chi connectivity index (χ0n) is 36.1. The van der Waals surface area contributed by atoms with Crippen molar-refractivity contribution in [1.82, 2.24) is 50.8 Å². The Hall–Kier alpha value is -4.18. The lowest BCUT2D eigenvalue weighted by Gasteiger charge is -2.34. The number of amides is 2. The second-order valence-electron chi connectivity index (χ2n) is 17.3. The third-order valence-electron chi connectivity index (χ3n) is 13.2. The molecular weight excluding hydrogens is 741 g/mol. The first-order valence-corrected chi connectivity index (χ1v) is 21.5. The van der Waals surface area contributed by atoms with E-state index in [4.69, 9.17) is 9.47 Å². The molecule has 4 N–H and O–H groups in total. The van der Waals surface area contributed by atoms with E-state index in [-0.39, 0.29) is 35.8 Å². The lowest BCUT2D eigenvalue weighted by molar-refractivity contribution is -0.147. The zero-order valence-corrected chi connectivity index (χ0v) is 36.1. The number of piperidine rings is 2. The predicted octanol–water partition coefficient (Wildman–Crippen LogP) is 3.23. The van der Waals surface area contributed by atoms with Crippen LogP contribution >= 0.6 is 0 Å². The lowest BCUT2D eigenvalue weighted by atomic mass is 9.80. The van der Waals surface area contributed by atoms with Crippen molar-refractivity contribution in [2.45, 2.75) is 142 Å². The number of fused-ring (bicyclic) bond motifs is 2. The number of rotatable bonds is 13. The van der Waals surface area contributed by atoms with Gasteiger partial charge in [-0.15, -0.1) is 20.4 Å². The minimum Gasteiger partial charge on any atom is -0.469 e. The van der Waals surface area contributed by atoms with E-state index < -0.39 is 22.7 Å². The summed E-state index contributed by atoms with van der Waals surface area (Å²) in [6.07, 6.45) is 14.2. The Morgan fingerprint density at radius 2 is 1.22 bits per heavy atom. The fraction of sp³-hybridized carbons (Fsp3) is 0.762. The summed E-state index contributed by atoms with van der Waals surface area (Å²) in [4.78, 5) is 49.9. The minimum absolute atomic E-state index is 0.0981. The van der Waals surface area contributed by atoms with Crippen molar-refractivity contribution in [3.63, 3.8) is 0 Å². The normalized spacial score (nSPS) is 24.6. The number of methoxy groups -OCH3 is 2. The molecule has 2 aromatic heterocycles. The van der Waals surface area contributed by atoms with Crippen LogP contribution in [-0.4, -0.2) is 106 Å². The van der Waals surface area contributed by atoms with Crippen LogP contribution in [0.4, 0.5) is 0 Å². The number of carbonyl (C=O) groups is 4. The van der Waals surface area contributed by atoms with Crippen molar-refractivity contribution >= 4 is 29.8 Å². The quantitative estimate of drug-likeness (QED) is 0.216. The zero-order chi connectivity index (χ0) is 42.0. The van der Waals surface area contributed by atoms with Crippen LogP contribution in [0.3, 0.4) is 0 Å². The number of hydrogen-bond donors (Lipinski definition) is 4. The van der Waals surface area contributed by atoms with Crippen molar-refractivity contribution in [2.75, 3.05) is 40.4 Å². The van der Waals surface area contributed by atoms with E-state index in [1.807, 2.05) is 27.7 Å². The second kappa shape index (κ2) is 20.2. The summed E-state index contributed by atoms with van der Waals surface area (Å²) in [5.41, 5.74) is -1.50. The number of nitrogens with zero attached hydrogens (tertiary/aromatic N) is 6. The van der Waals surface area contributed by atoms with Crippen LogP contribution in [0.2, 0.25) is 0 Å². The summed E-state index contributed by atoms with van der Waals surface area (Å²) in [6, 6.07) is -0.645. The number of aryl methyl sites for hydroxylation is 1. The van der Waals surface area contributed by atoms with Crippen molar-refractivity contribution in [3.05, 3.63) is 29.4 Å². The summed E-state index contributed by atoms with van der Waals surface area (Å²) >= 11 is 0. The molecule has 0 radical (unpaired) electrons. The molecule has 2 amide bonds. The summed E-state index contributed by atoms with van der Waals surface area (Å²) < 4.78 is 13.8. The fourth-order valence-electron chi connectivity index (χ4n) is 8.59. The van der Waals surface area contributed by atoms with E-state index in [0.717, 1.165) is 108 Å². The number of esters is 2. The maximum absolute atomic E-state index is 13.2. The molecule has 4 aliphatic heterocycles. The SMILES string of the molecule is COC(=O)[C@@H](C)C(C)NC(=O)C1(C)CCCn2c(/C=C/C3CCNCC3)nnc21.COC(=O)[C@@H](C)C(C)NC(=O)C1(C)CCCn2c(CCC3CCNCC3)nnc21. The van der Waals surface area contributed by atoms with Gasteiger partial charge >= 0.3 is 11.9 Å². The largest absolute Gasteiger partial charge is 0.469 e. The second-order valence-corrected chi connectivity index (χ2v) is 17.3. The molecule has 0 saturated carbocycles. The molecule has 322 valence electrons. The average molecular weight is 809 g/mol. The van der Waals surface area contributed by atoms with Gasteiger partial charge in [-0.05, 0) is 143 Å². The number of nitrogens with one attached hydrogen (secondary N) is 4. The van der Waals surface area contributed by atoms with E-state index in [1.54, 1.807) is 13.8 Å². The number of hydrogen-bond acceptors (Lipinski definition) is 12. The molecule has 2 saturated heterocycles. The molecular formula is C42H68N10O6. The van der Waals surface area contributed by atoms with Crippen molar-refractivity contribution in [2.24, 2.45) is 23.7 Å². The van der Waals surface area contributed by atoms with Crippen LogP contribution in [0.15, 0.2) is 6.08 Å². The van der Waals surface area contributed by atoms with Gasteiger partial charge in [0.15, 0.2) is 5.82 Å². The Morgan fingerprint density at radius 1 is 0.741 bits per heavy atom. The van der Waals surface area contributed by atoms with Gasteiger partial charge in [-0.1, -0.05) is 6.08 Å². The number of allylic oxidation sites excluding steroid dienone is 1. The molecule has 0 bridgehead atoms. The van der Waals surface area contributed by atoms with E-state index in [0.29, 0.717) is 18.2 Å². The van der Waals surface area contributed by atoms with Gasteiger partial charge in [0.1, 0.15) is 28.3 Å². The summed E-state index contributed by atoms with van der Waals surface area (Å²) in [7, 11) is 2.72. The molecule has 2 fully saturated rings. The standard InChI is InChI=1S/C21H35N5O3.C21H33N5O3/c2*1-14(18(27)29-4)15(2)23-20(28)21(3)10-5-13-26-17(24-25-19(21)26)7-6-16-8-11-22-12-9-16/h14-16,22H,5-13H2,1-4H3,(H,23,28);6-7,14-16,22H,5,8-13H2,1-4H3,(H,23,28)/b;7-6+/t2*14-,15?,21?/m00/s1. The third-order valence-corrected chi connectivity index (χ3v) is 13.2. The first kappa shape index (κ1) is 44.9. The lowest BCUT2D eigenvalue weighted by Crippen LogP contribution is -2.51. The molecule has 6 heterocycles. The maximum Gasteiger partial charge on any atom is 0.310 e. The summed E-state index contributed by atoms with van der Waals surface area (Å²) in [5, 5.41) is 30.5. The monoisotopic (exact) mass is 809 g/mol. The van der Waals surface area contributed by atoms with E-state index in [2.05, 4.69) is 62.9 Å². The maximum atomic E-state index is 13.2. The van der Waals surface area contributed by atoms with Gasteiger partial charge in [0.05, 0.1) is 26.1 Å². The topological polar surface area (TPSA) is 196 Å². The van der Waals surface area contributed by atoms with Crippen LogP contribution in [0.5, 0.6) is 0 Å². The van der Waals surface area contributed by atoms with Gasteiger partial charge in [0.2, 0.25) is 11.8 Å². The smallest absolute Gasteiger partial charge is 0.310 e. The van der Waals surface area contributed by atoms with E-state index in [9.17, 15) is 19.2 Å². The first-order chi connectivity index (χ1) is 27.7. The molecule has 4 aliphatic rings. The Balaban J connectivity index is 0.000000221. The van der Waals surface area contributed by atoms with Crippen LogP contribution in [0, 0.1) is 23.7 Å². The number of ether oxygens (including phenoxy) is 2. The van der Waals surface area contributed by atoms with Gasteiger partial charge in [-0.2, -0.15) is 0 Å². The highest BCUT2D eigenvalue weighted by Crippen LogP contribution is 2.35. The van der Waals surface area contributed by atoms with Crippen molar-refractivity contribution in [1.29, 1.82) is 0 Å². The minimum atomic E-state index is -0.768. The molecule has 16 heteroatoms.